The molecule has 0 atom stereocenters. The molecule has 0 unspecified atom stereocenters. The molecule has 0 aromatic heterocycles. The van der Waals surface area contributed by atoms with E-state index in [4.69, 9.17) is 10.5 Å². The molecule has 0 aliphatic heterocycles. The Morgan fingerprint density at radius 1 is 0.929 bits per heavy atom. The fourth-order valence-corrected chi connectivity index (χ4v) is 1.28. The van der Waals surface area contributed by atoms with Gasteiger partial charge in [-0.1, -0.05) is 51.9 Å². The zero-order valence-electron chi connectivity index (χ0n) is 9.50. The SMILES string of the molecule is CCCCCCCCCCN.NC=O. The first-order chi connectivity index (χ1) is 6.83. The largest absolute Gasteiger partial charge is 0.372 e. The smallest absolute Gasteiger partial charge is 0.204 e. The Morgan fingerprint density at radius 2 is 1.29 bits per heavy atom. The summed E-state index contributed by atoms with van der Waals surface area (Å²) in [7, 11) is 0. The maximum absolute atomic E-state index is 8.58. The second kappa shape index (κ2) is 18.3. The van der Waals surface area contributed by atoms with Crippen LogP contribution < -0.4 is 11.5 Å². The summed E-state index contributed by atoms with van der Waals surface area (Å²) >= 11 is 0. The van der Waals surface area contributed by atoms with Gasteiger partial charge in [-0.05, 0) is 13.0 Å². The molecule has 0 saturated carbocycles. The van der Waals surface area contributed by atoms with Crippen molar-refractivity contribution in [2.24, 2.45) is 11.5 Å². The quantitative estimate of drug-likeness (QED) is 0.468. The number of amides is 1. The average Bonchev–Trinajstić information content (AvgIpc) is 2.18. The fourth-order valence-electron chi connectivity index (χ4n) is 1.28. The number of unbranched alkanes of at least 4 members (excludes halogenated alkanes) is 7. The maximum Gasteiger partial charge on any atom is 0.204 e. The Hall–Kier alpha value is -0.570. The molecule has 3 nitrogen and oxygen atoms in total. The fraction of sp³-hybridized carbons (Fsp3) is 0.909. The number of rotatable bonds is 8. The van der Waals surface area contributed by atoms with Gasteiger partial charge in [0, 0.05) is 0 Å². The lowest BCUT2D eigenvalue weighted by molar-refractivity contribution is -0.106. The van der Waals surface area contributed by atoms with E-state index in [1.54, 1.807) is 0 Å². The Kier molecular flexibility index (Phi) is 20.7. The minimum absolute atomic E-state index is 0.250. The van der Waals surface area contributed by atoms with E-state index < -0.39 is 0 Å². The molecule has 0 radical (unpaired) electrons. The Balaban J connectivity index is 0. The van der Waals surface area contributed by atoms with Gasteiger partial charge in [-0.25, -0.2) is 0 Å². The lowest BCUT2D eigenvalue weighted by Crippen LogP contribution is -1.97. The third-order valence-electron chi connectivity index (χ3n) is 2.06. The van der Waals surface area contributed by atoms with Crippen LogP contribution in [-0.2, 0) is 4.79 Å². The van der Waals surface area contributed by atoms with Crippen LogP contribution >= 0.6 is 0 Å². The van der Waals surface area contributed by atoms with Crippen LogP contribution in [0.15, 0.2) is 0 Å². The van der Waals surface area contributed by atoms with Crippen LogP contribution in [0.2, 0.25) is 0 Å². The highest BCUT2D eigenvalue weighted by Crippen LogP contribution is 2.07. The van der Waals surface area contributed by atoms with E-state index >= 15 is 0 Å². The number of hydrogen-bond acceptors (Lipinski definition) is 2. The summed E-state index contributed by atoms with van der Waals surface area (Å²) in [6.07, 6.45) is 11.2. The molecule has 14 heavy (non-hydrogen) atoms. The Morgan fingerprint density at radius 3 is 1.64 bits per heavy atom. The summed E-state index contributed by atoms with van der Waals surface area (Å²) in [5, 5.41) is 0. The molecule has 0 rings (SSSR count). The lowest BCUT2D eigenvalue weighted by atomic mass is 10.1. The summed E-state index contributed by atoms with van der Waals surface area (Å²) in [5.74, 6) is 0. The molecule has 1 amide bonds. The number of hydrogen-bond donors (Lipinski definition) is 2. The van der Waals surface area contributed by atoms with Gasteiger partial charge < -0.3 is 11.5 Å². The molecule has 0 heterocycles. The third-order valence-corrected chi connectivity index (χ3v) is 2.06. The van der Waals surface area contributed by atoms with E-state index in [1.807, 2.05) is 0 Å². The van der Waals surface area contributed by atoms with Crippen LogP contribution in [0.5, 0.6) is 0 Å². The van der Waals surface area contributed by atoms with Crippen LogP contribution in [0.4, 0.5) is 0 Å². The summed E-state index contributed by atoms with van der Waals surface area (Å²) < 4.78 is 0. The van der Waals surface area contributed by atoms with E-state index in [0.29, 0.717) is 0 Å². The number of carbonyl (C=O) groups excluding carboxylic acids is 1. The molecule has 86 valence electrons. The highest BCUT2D eigenvalue weighted by molar-refractivity contribution is 5.42. The molecule has 0 aliphatic rings. The van der Waals surface area contributed by atoms with Gasteiger partial charge in [0.15, 0.2) is 0 Å². The average molecular weight is 202 g/mol. The van der Waals surface area contributed by atoms with Crippen LogP contribution in [0.25, 0.3) is 0 Å². The van der Waals surface area contributed by atoms with E-state index in [9.17, 15) is 0 Å². The van der Waals surface area contributed by atoms with E-state index in [2.05, 4.69) is 12.7 Å². The van der Waals surface area contributed by atoms with Crippen LogP contribution in [0.3, 0.4) is 0 Å². The van der Waals surface area contributed by atoms with Gasteiger partial charge >= 0.3 is 0 Å². The molecule has 0 saturated heterocycles. The van der Waals surface area contributed by atoms with Crippen molar-refractivity contribution in [3.63, 3.8) is 0 Å². The zero-order valence-corrected chi connectivity index (χ0v) is 9.50. The molecule has 4 N–H and O–H groups in total. The minimum atomic E-state index is 0.250. The molecular formula is C11H26N2O. The van der Waals surface area contributed by atoms with Crippen LogP contribution in [0.1, 0.15) is 58.3 Å². The van der Waals surface area contributed by atoms with Crippen LogP contribution in [-0.4, -0.2) is 13.0 Å². The first kappa shape index (κ1) is 15.9. The van der Waals surface area contributed by atoms with Crippen molar-refractivity contribution in [3.05, 3.63) is 0 Å². The van der Waals surface area contributed by atoms with Crippen molar-refractivity contribution < 1.29 is 4.79 Å². The van der Waals surface area contributed by atoms with Gasteiger partial charge in [-0.15, -0.1) is 0 Å². The van der Waals surface area contributed by atoms with Gasteiger partial charge in [-0.2, -0.15) is 0 Å². The number of primary amides is 1. The molecular weight excluding hydrogens is 176 g/mol. The topological polar surface area (TPSA) is 69.1 Å². The molecule has 0 aromatic rings. The Bertz CT molecular complexity index is 89.3. The van der Waals surface area contributed by atoms with Gasteiger partial charge in [-0.3, -0.25) is 4.79 Å². The van der Waals surface area contributed by atoms with Crippen molar-refractivity contribution in [1.29, 1.82) is 0 Å². The summed E-state index contributed by atoms with van der Waals surface area (Å²) in [4.78, 5) is 8.58. The normalized spacial score (nSPS) is 9.00. The second-order valence-corrected chi connectivity index (χ2v) is 3.40. The van der Waals surface area contributed by atoms with E-state index in [-0.39, 0.29) is 6.41 Å². The first-order valence-corrected chi connectivity index (χ1v) is 5.68. The molecule has 0 bridgehead atoms. The summed E-state index contributed by atoms with van der Waals surface area (Å²) in [6.45, 7) is 3.13. The molecule has 0 spiro atoms. The minimum Gasteiger partial charge on any atom is -0.372 e. The first-order valence-electron chi connectivity index (χ1n) is 5.68. The molecule has 0 aromatic carbocycles. The molecule has 0 aliphatic carbocycles. The van der Waals surface area contributed by atoms with Crippen LogP contribution in [0, 0.1) is 0 Å². The van der Waals surface area contributed by atoms with Gasteiger partial charge in [0.25, 0.3) is 0 Å². The standard InChI is InChI=1S/C10H23N.CH3NO/c1-2-3-4-5-6-7-8-9-10-11;2-1-3/h2-11H2,1H3;1H,(H2,2,3). The highest BCUT2D eigenvalue weighted by Gasteiger charge is 1.89. The van der Waals surface area contributed by atoms with Gasteiger partial charge in [0.1, 0.15) is 0 Å². The predicted molar refractivity (Wildman–Crippen MR) is 61.9 cm³/mol. The van der Waals surface area contributed by atoms with Crippen molar-refractivity contribution in [3.8, 4) is 0 Å². The highest BCUT2D eigenvalue weighted by atomic mass is 16.1. The summed E-state index contributed by atoms with van der Waals surface area (Å²) in [6, 6.07) is 0. The van der Waals surface area contributed by atoms with Crippen molar-refractivity contribution in [2.75, 3.05) is 6.54 Å². The van der Waals surface area contributed by atoms with E-state index in [0.717, 1.165) is 6.54 Å². The Labute approximate surface area is 88.2 Å². The number of carbonyl (C=O) groups is 1. The van der Waals surface area contributed by atoms with Gasteiger partial charge in [0.2, 0.25) is 6.41 Å². The van der Waals surface area contributed by atoms with Gasteiger partial charge in [0.05, 0.1) is 0 Å². The predicted octanol–water partition coefficient (Wildman–Crippen LogP) is 2.19. The number of nitrogens with two attached hydrogens (primary N) is 2. The van der Waals surface area contributed by atoms with E-state index in [1.165, 1.54) is 51.4 Å². The summed E-state index contributed by atoms with van der Waals surface area (Å²) in [5.41, 5.74) is 9.56. The third kappa shape index (κ3) is 22.5. The molecule has 3 heteroatoms. The van der Waals surface area contributed by atoms with Crippen molar-refractivity contribution >= 4 is 6.41 Å². The lowest BCUT2D eigenvalue weighted by Gasteiger charge is -1.99. The maximum atomic E-state index is 8.58. The van der Waals surface area contributed by atoms with Crippen molar-refractivity contribution in [2.45, 2.75) is 58.3 Å². The molecule has 0 fully saturated rings. The monoisotopic (exact) mass is 202 g/mol. The second-order valence-electron chi connectivity index (χ2n) is 3.40. The van der Waals surface area contributed by atoms with Crippen molar-refractivity contribution in [1.82, 2.24) is 0 Å². The zero-order chi connectivity index (χ0) is 11.1.